The van der Waals surface area contributed by atoms with Crippen LogP contribution in [0.5, 0.6) is 0 Å². The third-order valence-electron chi connectivity index (χ3n) is 4.41. The van der Waals surface area contributed by atoms with Crippen LogP contribution in [-0.4, -0.2) is 37.5 Å². The lowest BCUT2D eigenvalue weighted by Gasteiger charge is -2.27. The van der Waals surface area contributed by atoms with Crippen LogP contribution < -0.4 is 10.6 Å². The minimum atomic E-state index is 0.794. The minimum Gasteiger partial charge on any atom is -0.355 e. The van der Waals surface area contributed by atoms with Gasteiger partial charge in [-0.05, 0) is 35.9 Å². The summed E-state index contributed by atoms with van der Waals surface area (Å²) in [5, 5.41) is 9.00. The minimum absolute atomic E-state index is 0.794. The van der Waals surface area contributed by atoms with Crippen molar-refractivity contribution in [2.24, 2.45) is 4.99 Å². The van der Waals surface area contributed by atoms with Gasteiger partial charge in [-0.3, -0.25) is 9.89 Å². The fraction of sp³-hybridized carbons (Fsp3) is 0.421. The molecule has 0 spiro atoms. The fourth-order valence-electron chi connectivity index (χ4n) is 2.94. The predicted molar refractivity (Wildman–Crippen MR) is 103 cm³/mol. The van der Waals surface area contributed by atoms with E-state index in [1.54, 1.807) is 4.88 Å². The molecule has 2 aromatic rings. The summed E-state index contributed by atoms with van der Waals surface area (Å²) in [5.41, 5.74) is 4.06. The predicted octanol–water partition coefficient (Wildman–Crippen LogP) is 2.78. The molecule has 5 heteroatoms. The summed E-state index contributed by atoms with van der Waals surface area (Å²) in [6.45, 7) is 7.09. The van der Waals surface area contributed by atoms with Gasteiger partial charge >= 0.3 is 0 Å². The molecule has 0 saturated heterocycles. The molecule has 0 radical (unpaired) electrons. The molecule has 24 heavy (non-hydrogen) atoms. The summed E-state index contributed by atoms with van der Waals surface area (Å²) in [6, 6.07) is 10.9. The van der Waals surface area contributed by atoms with Gasteiger partial charge in [0.2, 0.25) is 0 Å². The van der Waals surface area contributed by atoms with E-state index in [1.165, 1.54) is 23.1 Å². The first-order valence-corrected chi connectivity index (χ1v) is 9.40. The Labute approximate surface area is 148 Å². The number of nitrogens with zero attached hydrogens (tertiary/aromatic N) is 2. The highest BCUT2D eigenvalue weighted by Crippen LogP contribution is 2.23. The van der Waals surface area contributed by atoms with Crippen LogP contribution in [0.25, 0.3) is 0 Å². The van der Waals surface area contributed by atoms with Crippen molar-refractivity contribution in [1.29, 1.82) is 0 Å². The molecular formula is C19H26N4S. The normalized spacial score (nSPS) is 15.2. The maximum absolute atomic E-state index is 4.31. The van der Waals surface area contributed by atoms with Gasteiger partial charge in [-0.1, -0.05) is 29.8 Å². The van der Waals surface area contributed by atoms with Crippen LogP contribution in [0, 0.1) is 6.92 Å². The van der Waals surface area contributed by atoms with Gasteiger partial charge in [-0.25, -0.2) is 0 Å². The molecule has 2 N–H and O–H groups in total. The number of thiophene rings is 1. The van der Waals surface area contributed by atoms with Gasteiger partial charge in [0, 0.05) is 44.6 Å². The van der Waals surface area contributed by atoms with Crippen LogP contribution in [0.2, 0.25) is 0 Å². The van der Waals surface area contributed by atoms with Gasteiger partial charge in [0.1, 0.15) is 0 Å². The molecule has 2 heterocycles. The molecule has 0 atom stereocenters. The maximum Gasteiger partial charge on any atom is 0.191 e. The lowest BCUT2D eigenvalue weighted by molar-refractivity contribution is 0.260. The standard InChI is InChI=1S/C19H26N4S/c1-15-3-5-16(6-4-15)13-22-19(20-2)21-9-11-23-10-7-18-17(14-23)8-12-24-18/h3-6,8,12H,7,9-11,13-14H2,1-2H3,(H2,20,21,22). The zero-order valence-electron chi connectivity index (χ0n) is 14.5. The summed E-state index contributed by atoms with van der Waals surface area (Å²) in [7, 11) is 1.82. The zero-order valence-corrected chi connectivity index (χ0v) is 15.3. The Morgan fingerprint density at radius 3 is 2.83 bits per heavy atom. The first kappa shape index (κ1) is 17.0. The average molecular weight is 343 g/mol. The number of rotatable bonds is 5. The molecule has 0 amide bonds. The van der Waals surface area contributed by atoms with Crippen molar-refractivity contribution in [1.82, 2.24) is 15.5 Å². The fourth-order valence-corrected chi connectivity index (χ4v) is 3.83. The molecule has 0 aliphatic carbocycles. The lowest BCUT2D eigenvalue weighted by Crippen LogP contribution is -2.42. The molecular weight excluding hydrogens is 316 g/mol. The largest absolute Gasteiger partial charge is 0.355 e. The smallest absolute Gasteiger partial charge is 0.191 e. The van der Waals surface area contributed by atoms with Gasteiger partial charge in [0.15, 0.2) is 5.96 Å². The van der Waals surface area contributed by atoms with Gasteiger partial charge < -0.3 is 10.6 Å². The Bertz CT molecular complexity index is 675. The van der Waals surface area contributed by atoms with Gasteiger partial charge in [-0.2, -0.15) is 0 Å². The Balaban J connectivity index is 1.39. The second-order valence-electron chi connectivity index (χ2n) is 6.23. The van der Waals surface area contributed by atoms with E-state index in [-0.39, 0.29) is 0 Å². The molecule has 0 unspecified atom stereocenters. The second kappa shape index (κ2) is 8.31. The van der Waals surface area contributed by atoms with Crippen molar-refractivity contribution in [3.8, 4) is 0 Å². The highest BCUT2D eigenvalue weighted by atomic mass is 32.1. The van der Waals surface area contributed by atoms with E-state index in [1.807, 2.05) is 18.4 Å². The van der Waals surface area contributed by atoms with Crippen molar-refractivity contribution in [3.63, 3.8) is 0 Å². The van der Waals surface area contributed by atoms with Gasteiger partial charge in [0.05, 0.1) is 0 Å². The van der Waals surface area contributed by atoms with Crippen LogP contribution in [0.4, 0.5) is 0 Å². The number of guanidine groups is 1. The van der Waals surface area contributed by atoms with E-state index >= 15 is 0 Å². The number of nitrogens with one attached hydrogen (secondary N) is 2. The topological polar surface area (TPSA) is 39.7 Å². The van der Waals surface area contributed by atoms with Crippen LogP contribution in [0.15, 0.2) is 40.7 Å². The molecule has 1 aliphatic rings. The SMILES string of the molecule is CN=C(NCCN1CCc2sccc2C1)NCc1ccc(C)cc1. The number of fused-ring (bicyclic) bond motifs is 1. The van der Waals surface area contributed by atoms with E-state index in [0.717, 1.165) is 38.7 Å². The Hall–Kier alpha value is -1.85. The van der Waals surface area contributed by atoms with Crippen molar-refractivity contribution >= 4 is 17.3 Å². The third kappa shape index (κ3) is 4.58. The van der Waals surface area contributed by atoms with E-state index in [2.05, 4.69) is 63.2 Å². The number of aliphatic imine (C=N–C) groups is 1. The molecule has 1 aliphatic heterocycles. The van der Waals surface area contributed by atoms with E-state index in [4.69, 9.17) is 0 Å². The monoisotopic (exact) mass is 342 g/mol. The summed E-state index contributed by atoms with van der Waals surface area (Å²) in [5.74, 6) is 0.865. The summed E-state index contributed by atoms with van der Waals surface area (Å²) in [6.07, 6.45) is 1.19. The van der Waals surface area contributed by atoms with Crippen LogP contribution in [0.3, 0.4) is 0 Å². The maximum atomic E-state index is 4.31. The molecule has 0 bridgehead atoms. The van der Waals surface area contributed by atoms with Crippen LogP contribution in [-0.2, 0) is 19.5 Å². The summed E-state index contributed by atoms with van der Waals surface area (Å²) < 4.78 is 0. The molecule has 0 saturated carbocycles. The van der Waals surface area contributed by atoms with Crippen LogP contribution >= 0.6 is 11.3 Å². The first-order chi connectivity index (χ1) is 11.7. The van der Waals surface area contributed by atoms with Crippen LogP contribution in [0.1, 0.15) is 21.6 Å². The molecule has 1 aromatic heterocycles. The Kier molecular flexibility index (Phi) is 5.88. The van der Waals surface area contributed by atoms with E-state index in [0.29, 0.717) is 0 Å². The molecule has 1 aromatic carbocycles. The van der Waals surface area contributed by atoms with Crippen molar-refractivity contribution in [2.75, 3.05) is 26.7 Å². The Morgan fingerprint density at radius 2 is 2.04 bits per heavy atom. The zero-order chi connectivity index (χ0) is 16.8. The third-order valence-corrected chi connectivity index (χ3v) is 5.43. The number of hydrogen-bond acceptors (Lipinski definition) is 3. The molecule has 128 valence electrons. The van der Waals surface area contributed by atoms with Crippen molar-refractivity contribution < 1.29 is 0 Å². The second-order valence-corrected chi connectivity index (χ2v) is 7.23. The molecule has 4 nitrogen and oxygen atoms in total. The number of hydrogen-bond donors (Lipinski definition) is 2. The average Bonchev–Trinajstić information content (AvgIpc) is 3.07. The highest BCUT2D eigenvalue weighted by molar-refractivity contribution is 7.10. The van der Waals surface area contributed by atoms with E-state index in [9.17, 15) is 0 Å². The highest BCUT2D eigenvalue weighted by Gasteiger charge is 2.16. The van der Waals surface area contributed by atoms with Crippen molar-refractivity contribution in [3.05, 3.63) is 57.3 Å². The summed E-state index contributed by atoms with van der Waals surface area (Å²) >= 11 is 1.89. The van der Waals surface area contributed by atoms with Gasteiger partial charge in [-0.15, -0.1) is 11.3 Å². The Morgan fingerprint density at radius 1 is 1.21 bits per heavy atom. The van der Waals surface area contributed by atoms with Gasteiger partial charge in [0.25, 0.3) is 0 Å². The summed E-state index contributed by atoms with van der Waals surface area (Å²) in [4.78, 5) is 8.38. The first-order valence-electron chi connectivity index (χ1n) is 8.52. The van der Waals surface area contributed by atoms with Crippen molar-refractivity contribution in [2.45, 2.75) is 26.4 Å². The number of aryl methyl sites for hydroxylation is 1. The number of benzene rings is 1. The lowest BCUT2D eigenvalue weighted by atomic mass is 10.1. The van der Waals surface area contributed by atoms with E-state index < -0.39 is 0 Å². The molecule has 3 rings (SSSR count). The quantitative estimate of drug-likeness (QED) is 0.648. The molecule has 0 fully saturated rings.